The van der Waals surface area contributed by atoms with Gasteiger partial charge in [0.25, 0.3) is 5.91 Å². The Labute approximate surface area is 137 Å². The number of aliphatic imine (C=N–C) groups is 1. The summed E-state index contributed by atoms with van der Waals surface area (Å²) in [6.07, 6.45) is 3.74. The van der Waals surface area contributed by atoms with Crippen molar-refractivity contribution in [3.05, 3.63) is 77.9 Å². The van der Waals surface area contributed by atoms with Gasteiger partial charge in [-0.2, -0.15) is 0 Å². The van der Waals surface area contributed by atoms with Gasteiger partial charge in [-0.15, -0.1) is 0 Å². The molecule has 0 bridgehead atoms. The molecule has 0 spiro atoms. The Morgan fingerprint density at radius 2 is 1.57 bits per heavy atom. The zero-order valence-corrected chi connectivity index (χ0v) is 13.4. The fraction of sp³-hybridized carbons (Fsp3) is 0.200. The third-order valence-corrected chi connectivity index (χ3v) is 3.94. The molecular weight excluding hydrogens is 284 g/mol. The number of nitrogens with zero attached hydrogens (tertiary/aromatic N) is 2. The molecule has 0 radical (unpaired) electrons. The molecule has 3 nitrogen and oxygen atoms in total. The highest BCUT2D eigenvalue weighted by atomic mass is 16.2. The lowest BCUT2D eigenvalue weighted by molar-refractivity contribution is -0.127. The summed E-state index contributed by atoms with van der Waals surface area (Å²) in [5.74, 6) is -0.0222. The van der Waals surface area contributed by atoms with Crippen LogP contribution in [0, 0.1) is 0 Å². The lowest BCUT2D eigenvalue weighted by atomic mass is 10.1. The Morgan fingerprint density at radius 1 is 0.957 bits per heavy atom. The minimum Gasteiger partial charge on any atom is -0.309 e. The highest BCUT2D eigenvalue weighted by Crippen LogP contribution is 2.26. The molecule has 0 atom stereocenters. The van der Waals surface area contributed by atoms with Crippen LogP contribution in [-0.4, -0.2) is 22.2 Å². The molecule has 3 rings (SSSR count). The van der Waals surface area contributed by atoms with Crippen molar-refractivity contribution in [2.24, 2.45) is 4.99 Å². The second-order valence-electron chi connectivity index (χ2n) is 6.11. The van der Waals surface area contributed by atoms with Crippen LogP contribution in [0.4, 0.5) is 0 Å². The van der Waals surface area contributed by atoms with Gasteiger partial charge >= 0.3 is 0 Å². The van der Waals surface area contributed by atoms with E-state index in [1.807, 2.05) is 91.6 Å². The van der Waals surface area contributed by atoms with Gasteiger partial charge in [-0.05, 0) is 31.1 Å². The second-order valence-corrected chi connectivity index (χ2v) is 6.11. The van der Waals surface area contributed by atoms with Gasteiger partial charge in [0, 0.05) is 6.54 Å². The standard InChI is InChI=1S/C20H20N2O/c1-20(2)21-18(14-13-16-9-5-3-6-10-16)19(23)22(20)15-17-11-7-4-8-12-17/h3-14H,15H2,1-2H3/b14-13+. The third-order valence-electron chi connectivity index (χ3n) is 3.94. The molecule has 0 fully saturated rings. The molecular formula is C20H20N2O. The van der Waals surface area contributed by atoms with E-state index in [4.69, 9.17) is 0 Å². The molecule has 0 saturated heterocycles. The molecule has 2 aromatic rings. The molecule has 2 aromatic carbocycles. The summed E-state index contributed by atoms with van der Waals surface area (Å²) in [6, 6.07) is 19.9. The molecule has 0 aromatic heterocycles. The molecule has 116 valence electrons. The highest BCUT2D eigenvalue weighted by Gasteiger charge is 2.38. The summed E-state index contributed by atoms with van der Waals surface area (Å²) in [7, 11) is 0. The normalized spacial score (nSPS) is 16.9. The van der Waals surface area contributed by atoms with Crippen molar-refractivity contribution < 1.29 is 4.79 Å². The zero-order valence-electron chi connectivity index (χ0n) is 13.4. The third kappa shape index (κ3) is 3.39. The van der Waals surface area contributed by atoms with Gasteiger partial charge in [-0.1, -0.05) is 66.7 Å². The number of benzene rings is 2. The minimum atomic E-state index is -0.525. The Kier molecular flexibility index (Phi) is 4.11. The van der Waals surface area contributed by atoms with Crippen molar-refractivity contribution in [2.45, 2.75) is 26.1 Å². The smallest absolute Gasteiger partial charge is 0.274 e. The Balaban J connectivity index is 1.79. The number of hydrogen-bond acceptors (Lipinski definition) is 2. The maximum atomic E-state index is 12.7. The summed E-state index contributed by atoms with van der Waals surface area (Å²) in [6.45, 7) is 4.51. The average molecular weight is 304 g/mol. The first-order valence-corrected chi connectivity index (χ1v) is 7.75. The van der Waals surface area contributed by atoms with Crippen LogP contribution in [0.2, 0.25) is 0 Å². The largest absolute Gasteiger partial charge is 0.309 e. The van der Waals surface area contributed by atoms with Crippen LogP contribution in [0.1, 0.15) is 25.0 Å². The van der Waals surface area contributed by atoms with Gasteiger partial charge in [-0.3, -0.25) is 9.79 Å². The van der Waals surface area contributed by atoms with Crippen molar-refractivity contribution in [3.63, 3.8) is 0 Å². The monoisotopic (exact) mass is 304 g/mol. The Hall–Kier alpha value is -2.68. The molecule has 3 heteroatoms. The van der Waals surface area contributed by atoms with Gasteiger partial charge in [0.2, 0.25) is 0 Å². The minimum absolute atomic E-state index is 0.0222. The first-order chi connectivity index (χ1) is 11.1. The maximum absolute atomic E-state index is 12.7. The van der Waals surface area contributed by atoms with Gasteiger partial charge in [0.1, 0.15) is 11.4 Å². The molecule has 1 aliphatic heterocycles. The fourth-order valence-electron chi connectivity index (χ4n) is 2.67. The van der Waals surface area contributed by atoms with Crippen LogP contribution >= 0.6 is 0 Å². The van der Waals surface area contributed by atoms with Crippen LogP contribution in [0.25, 0.3) is 6.08 Å². The predicted molar refractivity (Wildman–Crippen MR) is 94.0 cm³/mol. The van der Waals surface area contributed by atoms with Gasteiger partial charge in [-0.25, -0.2) is 0 Å². The van der Waals surface area contributed by atoms with E-state index in [0.717, 1.165) is 11.1 Å². The number of carbonyl (C=O) groups is 1. The van der Waals surface area contributed by atoms with E-state index < -0.39 is 5.66 Å². The first kappa shape index (κ1) is 15.2. The van der Waals surface area contributed by atoms with E-state index in [0.29, 0.717) is 12.3 Å². The van der Waals surface area contributed by atoms with Crippen molar-refractivity contribution in [1.29, 1.82) is 0 Å². The topological polar surface area (TPSA) is 32.7 Å². The molecule has 1 aliphatic rings. The molecule has 0 saturated carbocycles. The lowest BCUT2D eigenvalue weighted by Crippen LogP contribution is -2.41. The van der Waals surface area contributed by atoms with Crippen LogP contribution < -0.4 is 0 Å². The zero-order chi connectivity index (χ0) is 16.3. The molecule has 0 N–H and O–H groups in total. The van der Waals surface area contributed by atoms with E-state index in [2.05, 4.69) is 4.99 Å². The van der Waals surface area contributed by atoms with Gasteiger partial charge in [0.15, 0.2) is 0 Å². The molecule has 1 amide bonds. The van der Waals surface area contributed by atoms with Crippen LogP contribution in [0.5, 0.6) is 0 Å². The number of amides is 1. The molecule has 23 heavy (non-hydrogen) atoms. The van der Waals surface area contributed by atoms with Crippen LogP contribution in [0.3, 0.4) is 0 Å². The van der Waals surface area contributed by atoms with Gasteiger partial charge in [0.05, 0.1) is 0 Å². The van der Waals surface area contributed by atoms with E-state index in [1.54, 1.807) is 0 Å². The Morgan fingerprint density at radius 3 is 2.22 bits per heavy atom. The van der Waals surface area contributed by atoms with Crippen molar-refractivity contribution in [2.75, 3.05) is 0 Å². The molecule has 0 aliphatic carbocycles. The van der Waals surface area contributed by atoms with Crippen molar-refractivity contribution in [1.82, 2.24) is 4.90 Å². The molecule has 1 heterocycles. The summed E-state index contributed by atoms with van der Waals surface area (Å²) < 4.78 is 0. The van der Waals surface area contributed by atoms with Crippen molar-refractivity contribution >= 4 is 17.7 Å². The summed E-state index contributed by atoms with van der Waals surface area (Å²) >= 11 is 0. The van der Waals surface area contributed by atoms with E-state index in [-0.39, 0.29) is 5.91 Å². The van der Waals surface area contributed by atoms with Gasteiger partial charge < -0.3 is 4.90 Å². The van der Waals surface area contributed by atoms with E-state index >= 15 is 0 Å². The van der Waals surface area contributed by atoms with Crippen LogP contribution in [0.15, 0.2) is 71.7 Å². The van der Waals surface area contributed by atoms with Crippen LogP contribution in [-0.2, 0) is 11.3 Å². The second kappa shape index (κ2) is 6.21. The maximum Gasteiger partial charge on any atom is 0.274 e. The fourth-order valence-corrected chi connectivity index (χ4v) is 2.67. The number of rotatable bonds is 4. The van der Waals surface area contributed by atoms with Crippen molar-refractivity contribution in [3.8, 4) is 0 Å². The Bertz CT molecular complexity index is 746. The van der Waals surface area contributed by atoms with E-state index in [9.17, 15) is 4.79 Å². The average Bonchev–Trinajstić information content (AvgIpc) is 2.78. The lowest BCUT2D eigenvalue weighted by Gasteiger charge is -2.29. The predicted octanol–water partition coefficient (Wildman–Crippen LogP) is 3.92. The number of hydrogen-bond donors (Lipinski definition) is 0. The SMILES string of the molecule is CC1(C)N=C(/C=C/c2ccccc2)C(=O)N1Cc1ccccc1. The quantitative estimate of drug-likeness (QED) is 0.842. The summed E-state index contributed by atoms with van der Waals surface area (Å²) in [5.41, 5.74) is 2.15. The highest BCUT2D eigenvalue weighted by molar-refractivity contribution is 6.45. The molecule has 0 unspecified atom stereocenters. The summed E-state index contributed by atoms with van der Waals surface area (Å²) in [5, 5.41) is 0. The first-order valence-electron chi connectivity index (χ1n) is 7.75. The summed E-state index contributed by atoms with van der Waals surface area (Å²) in [4.78, 5) is 19.1. The number of carbonyl (C=O) groups excluding carboxylic acids is 1. The van der Waals surface area contributed by atoms with E-state index in [1.165, 1.54) is 0 Å².